The Bertz CT molecular complexity index is 1410. The van der Waals surface area contributed by atoms with Crippen molar-refractivity contribution < 1.29 is 8.42 Å². The zero-order valence-electron chi connectivity index (χ0n) is 19.5. The number of sulfonamides is 1. The van der Waals surface area contributed by atoms with E-state index in [0.29, 0.717) is 5.71 Å². The lowest BCUT2D eigenvalue weighted by Crippen LogP contribution is -2.24. The van der Waals surface area contributed by atoms with Crippen LogP contribution < -0.4 is 4.83 Å². The first-order valence-corrected chi connectivity index (χ1v) is 13.1. The van der Waals surface area contributed by atoms with Crippen molar-refractivity contribution in [2.24, 2.45) is 5.10 Å². The highest BCUT2D eigenvalue weighted by Crippen LogP contribution is 2.46. The van der Waals surface area contributed by atoms with Gasteiger partial charge in [-0.25, -0.2) is 0 Å². The van der Waals surface area contributed by atoms with Crippen molar-refractivity contribution in [1.29, 1.82) is 0 Å². The topological polar surface area (TPSA) is 61.5 Å². The zero-order chi connectivity index (χ0) is 24.3. The van der Waals surface area contributed by atoms with Gasteiger partial charge in [0.1, 0.15) is 0 Å². The molecule has 1 aliphatic heterocycles. The number of benzene rings is 4. The molecule has 0 aromatic heterocycles. The molecule has 0 radical (unpaired) electrons. The van der Waals surface area contributed by atoms with Crippen molar-refractivity contribution in [3.05, 3.63) is 138 Å². The summed E-state index contributed by atoms with van der Waals surface area (Å²) in [7, 11) is -3.80. The van der Waals surface area contributed by atoms with E-state index < -0.39 is 10.0 Å². The Morgan fingerprint density at radius 1 is 0.800 bits per heavy atom. The van der Waals surface area contributed by atoms with Crippen LogP contribution in [0.4, 0.5) is 0 Å². The van der Waals surface area contributed by atoms with Crippen molar-refractivity contribution in [2.45, 2.75) is 30.4 Å². The van der Waals surface area contributed by atoms with Crippen LogP contribution in [-0.2, 0) is 16.6 Å². The van der Waals surface area contributed by atoms with E-state index in [4.69, 9.17) is 0 Å². The van der Waals surface area contributed by atoms with Crippen LogP contribution in [0.5, 0.6) is 0 Å². The second-order valence-corrected chi connectivity index (χ2v) is 10.4. The molecular weight excluding hydrogens is 454 g/mol. The fourth-order valence-corrected chi connectivity index (χ4v) is 5.21. The van der Waals surface area contributed by atoms with Crippen LogP contribution >= 0.6 is 0 Å². The smallest absolute Gasteiger partial charge is 0.276 e. The third-order valence-corrected chi connectivity index (χ3v) is 7.46. The fraction of sp³-hybridized carbons (Fsp3) is 0.138. The maximum Gasteiger partial charge on any atom is 0.276 e. The summed E-state index contributed by atoms with van der Waals surface area (Å²) in [5, 5.41) is 4.53. The lowest BCUT2D eigenvalue weighted by molar-refractivity contribution is 0.497. The molecule has 0 spiro atoms. The van der Waals surface area contributed by atoms with Gasteiger partial charge in [-0.2, -0.15) is 18.4 Å². The van der Waals surface area contributed by atoms with Gasteiger partial charge in [-0.1, -0.05) is 109 Å². The molecule has 1 fully saturated rings. The first-order valence-electron chi connectivity index (χ1n) is 11.6. The molecule has 5 rings (SSSR count). The molecular formula is C29H27N3O2S. The first-order chi connectivity index (χ1) is 17.0. The molecule has 4 aromatic carbocycles. The van der Waals surface area contributed by atoms with E-state index in [9.17, 15) is 8.42 Å². The average molecular weight is 482 g/mol. The summed E-state index contributed by atoms with van der Waals surface area (Å²) in [6.45, 7) is 2.66. The number of hydrazone groups is 1. The van der Waals surface area contributed by atoms with Crippen LogP contribution in [0.1, 0.15) is 28.3 Å². The Hall–Kier alpha value is -3.74. The minimum atomic E-state index is -3.80. The van der Waals surface area contributed by atoms with Crippen molar-refractivity contribution in [3.8, 4) is 0 Å². The molecule has 1 aliphatic rings. The normalized spacial score (nSPS) is 19.8. The van der Waals surface area contributed by atoms with E-state index in [1.807, 2.05) is 73.7 Å². The number of rotatable bonds is 8. The molecule has 6 heteroatoms. The van der Waals surface area contributed by atoms with Crippen molar-refractivity contribution in [3.63, 3.8) is 0 Å². The molecule has 0 amide bonds. The van der Waals surface area contributed by atoms with Gasteiger partial charge in [0.2, 0.25) is 0 Å². The van der Waals surface area contributed by atoms with Gasteiger partial charge in [-0.15, -0.1) is 0 Å². The lowest BCUT2D eigenvalue weighted by Gasteiger charge is -2.10. The minimum absolute atomic E-state index is 0.0688. The largest absolute Gasteiger partial charge is 0.280 e. The molecule has 0 aliphatic carbocycles. The molecule has 0 saturated carbocycles. The summed E-state index contributed by atoms with van der Waals surface area (Å²) in [6, 6.07) is 37.2. The van der Waals surface area contributed by atoms with Gasteiger partial charge in [0.05, 0.1) is 22.7 Å². The van der Waals surface area contributed by atoms with E-state index in [1.165, 1.54) is 11.1 Å². The van der Waals surface area contributed by atoms with E-state index >= 15 is 0 Å². The summed E-state index contributed by atoms with van der Waals surface area (Å²) >= 11 is 0. The number of nitrogens with zero attached hydrogens (tertiary/aromatic N) is 2. The fourth-order valence-electron chi connectivity index (χ4n) is 4.39. The monoisotopic (exact) mass is 481 g/mol. The third-order valence-electron chi connectivity index (χ3n) is 6.24. The van der Waals surface area contributed by atoms with Gasteiger partial charge in [-0.05, 0) is 35.7 Å². The molecule has 5 nitrogen and oxygen atoms in total. The predicted octanol–water partition coefficient (Wildman–Crippen LogP) is 5.30. The molecule has 4 aromatic rings. The molecule has 176 valence electrons. The Labute approximate surface area is 206 Å². The van der Waals surface area contributed by atoms with Gasteiger partial charge < -0.3 is 0 Å². The molecule has 1 unspecified atom stereocenters. The second-order valence-electron chi connectivity index (χ2n) is 8.73. The maximum absolute atomic E-state index is 13.0. The van der Waals surface area contributed by atoms with Crippen molar-refractivity contribution >= 4 is 15.7 Å². The predicted molar refractivity (Wildman–Crippen MR) is 139 cm³/mol. The second kappa shape index (κ2) is 9.86. The number of hydrogen-bond acceptors (Lipinski definition) is 4. The highest BCUT2D eigenvalue weighted by Gasteiger charge is 2.51. The van der Waals surface area contributed by atoms with Gasteiger partial charge in [0.25, 0.3) is 10.0 Å². The Kier molecular flexibility index (Phi) is 6.49. The maximum atomic E-state index is 13.0. The summed E-state index contributed by atoms with van der Waals surface area (Å²) < 4.78 is 26.0. The summed E-state index contributed by atoms with van der Waals surface area (Å²) in [6.07, 6.45) is 0. The number of nitrogens with one attached hydrogen (secondary N) is 1. The van der Waals surface area contributed by atoms with Crippen LogP contribution in [0.2, 0.25) is 0 Å². The SMILES string of the molecule is Cc1ccc(S(=O)(=O)N/N=C(/c2ccccc2)[C@@H]2[C@H](c3ccccc3)N2Cc2ccccc2)cc1. The Morgan fingerprint density at radius 3 is 2.00 bits per heavy atom. The summed E-state index contributed by atoms with van der Waals surface area (Å²) in [5.41, 5.74) is 4.96. The highest BCUT2D eigenvalue weighted by atomic mass is 32.2. The van der Waals surface area contributed by atoms with E-state index in [0.717, 1.165) is 17.7 Å². The van der Waals surface area contributed by atoms with E-state index in [2.05, 4.69) is 39.1 Å². The van der Waals surface area contributed by atoms with Crippen LogP contribution in [0.15, 0.2) is 125 Å². The Morgan fingerprint density at radius 2 is 1.37 bits per heavy atom. The Balaban J connectivity index is 1.51. The summed E-state index contributed by atoms with van der Waals surface area (Å²) in [4.78, 5) is 5.04. The standard InChI is InChI=1S/C29H27N3O2S/c1-22-17-19-26(20-18-22)35(33,34)31-30-27(24-13-7-3-8-14-24)29-28(25-15-9-4-10-16-25)32(29)21-23-11-5-2-6-12-23/h2-20,28-29,31H,21H2,1H3/b30-27-/t28-,29+,32?/m0/s1. The molecule has 3 atom stereocenters. The number of hydrogen-bond donors (Lipinski definition) is 1. The van der Waals surface area contributed by atoms with E-state index in [1.54, 1.807) is 24.3 Å². The molecule has 0 bridgehead atoms. The molecule has 1 heterocycles. The van der Waals surface area contributed by atoms with Crippen molar-refractivity contribution in [1.82, 2.24) is 9.73 Å². The zero-order valence-corrected chi connectivity index (χ0v) is 20.3. The highest BCUT2D eigenvalue weighted by molar-refractivity contribution is 7.89. The average Bonchev–Trinajstić information content (AvgIpc) is 3.59. The van der Waals surface area contributed by atoms with Crippen LogP contribution in [0.25, 0.3) is 0 Å². The molecule has 35 heavy (non-hydrogen) atoms. The summed E-state index contributed by atoms with van der Waals surface area (Å²) in [5.74, 6) is 0. The van der Waals surface area contributed by atoms with Crippen LogP contribution in [-0.4, -0.2) is 25.1 Å². The van der Waals surface area contributed by atoms with Gasteiger partial charge in [0.15, 0.2) is 0 Å². The van der Waals surface area contributed by atoms with Gasteiger partial charge >= 0.3 is 0 Å². The van der Waals surface area contributed by atoms with Crippen LogP contribution in [0.3, 0.4) is 0 Å². The lowest BCUT2D eigenvalue weighted by atomic mass is 10.0. The van der Waals surface area contributed by atoms with E-state index in [-0.39, 0.29) is 17.0 Å². The quantitative estimate of drug-likeness (QED) is 0.211. The van der Waals surface area contributed by atoms with Crippen LogP contribution in [0, 0.1) is 6.92 Å². The number of aryl methyl sites for hydroxylation is 1. The molecule has 1 N–H and O–H groups in total. The molecule has 1 saturated heterocycles. The minimum Gasteiger partial charge on any atom is -0.280 e. The third kappa shape index (κ3) is 5.19. The van der Waals surface area contributed by atoms with Gasteiger partial charge in [-0.3, -0.25) is 4.90 Å². The first kappa shape index (κ1) is 23.0. The van der Waals surface area contributed by atoms with Crippen molar-refractivity contribution in [2.75, 3.05) is 0 Å². The van der Waals surface area contributed by atoms with Gasteiger partial charge in [0, 0.05) is 6.54 Å².